The van der Waals surface area contributed by atoms with E-state index >= 15 is 0 Å². The van der Waals surface area contributed by atoms with Gasteiger partial charge >= 0.3 is 0 Å². The molecule has 3 aromatic rings. The Labute approximate surface area is 257 Å². The summed E-state index contributed by atoms with van der Waals surface area (Å²) in [5.74, 6) is 1.05. The van der Waals surface area contributed by atoms with Crippen LogP contribution < -0.4 is 26.6 Å². The number of nitrogens with one attached hydrogen (secondary N) is 5. The van der Waals surface area contributed by atoms with Gasteiger partial charge in [0.25, 0.3) is 5.91 Å². The summed E-state index contributed by atoms with van der Waals surface area (Å²) in [5, 5.41) is 17.7. The number of anilines is 1. The number of pyridine rings is 1. The molecule has 1 atom stereocenters. The molecule has 0 saturated carbocycles. The molecule has 5 heterocycles. The maximum atomic E-state index is 13.7. The molecule has 3 aliphatic rings. The number of amidine groups is 1. The number of amides is 1. The number of aliphatic imine (C=N–C) groups is 1. The Bertz CT molecular complexity index is 1470. The van der Waals surface area contributed by atoms with Gasteiger partial charge in [-0.2, -0.15) is 0 Å². The first-order chi connectivity index (χ1) is 21.0. The Hall–Kier alpha value is -3.22. The minimum absolute atomic E-state index is 0.197. The zero-order valence-electron chi connectivity index (χ0n) is 25.0. The second kappa shape index (κ2) is 14.0. The number of carbonyl (C=O) groups is 1. The number of thiazole rings is 1. The van der Waals surface area contributed by atoms with E-state index in [1.165, 1.54) is 11.3 Å². The number of hydrogen-bond acceptors (Lipinski definition) is 10. The lowest BCUT2D eigenvalue weighted by Gasteiger charge is -2.29. The number of carbonyl (C=O) groups excluding carboxylic acids is 1. The fourth-order valence-electron chi connectivity index (χ4n) is 5.73. The standard InChI is InChI=1S/C32H42N8O2S/c1-20(2)15-28-37-26(17-29(40-28)36-22-7-11-33-12-8-22)30(41)38-25-6-4-3-5-24(25)31-39-27-16-21(18-35-32(27)43-31)19-42-23-9-13-34-14-10-23/h3-6,16-18,20,22-23,29,33-34,36H,7-15,19H2,1-2H3,(H,37,40)(H,38,41). The lowest BCUT2D eigenvalue weighted by atomic mass is 10.1. The molecule has 10 nitrogen and oxygen atoms in total. The van der Waals surface area contributed by atoms with Crippen molar-refractivity contribution in [2.45, 2.75) is 70.9 Å². The van der Waals surface area contributed by atoms with E-state index in [1.54, 1.807) is 0 Å². The van der Waals surface area contributed by atoms with E-state index in [2.05, 4.69) is 51.5 Å². The van der Waals surface area contributed by atoms with Gasteiger partial charge in [-0.3, -0.25) is 10.1 Å². The fourth-order valence-corrected chi connectivity index (χ4v) is 6.66. The number of nitrogens with zero attached hydrogens (tertiary/aromatic N) is 3. The van der Waals surface area contributed by atoms with Gasteiger partial charge < -0.3 is 26.0 Å². The molecule has 228 valence electrons. The quantitative estimate of drug-likeness (QED) is 0.234. The van der Waals surface area contributed by atoms with E-state index < -0.39 is 0 Å². The van der Waals surface area contributed by atoms with Gasteiger partial charge in [0.05, 0.1) is 18.4 Å². The van der Waals surface area contributed by atoms with E-state index in [0.29, 0.717) is 30.0 Å². The fraction of sp³-hybridized carbons (Fsp3) is 0.500. The molecule has 2 fully saturated rings. The molecule has 1 unspecified atom stereocenters. The van der Waals surface area contributed by atoms with Gasteiger partial charge in [0.1, 0.15) is 33.1 Å². The van der Waals surface area contributed by atoms with Crippen LogP contribution in [0.3, 0.4) is 0 Å². The van der Waals surface area contributed by atoms with Crippen molar-refractivity contribution in [3.05, 3.63) is 53.9 Å². The predicted molar refractivity (Wildman–Crippen MR) is 173 cm³/mol. The van der Waals surface area contributed by atoms with Crippen LogP contribution in [0.15, 0.2) is 53.3 Å². The van der Waals surface area contributed by atoms with E-state index in [0.717, 1.165) is 90.6 Å². The maximum absolute atomic E-state index is 13.7. The van der Waals surface area contributed by atoms with Crippen molar-refractivity contribution in [1.29, 1.82) is 0 Å². The summed E-state index contributed by atoms with van der Waals surface area (Å²) in [6, 6.07) is 10.2. The third-order valence-electron chi connectivity index (χ3n) is 7.97. The van der Waals surface area contributed by atoms with Crippen molar-refractivity contribution in [1.82, 2.24) is 31.2 Å². The normalized spacial score (nSPS) is 20.1. The lowest BCUT2D eigenvalue weighted by Crippen LogP contribution is -2.47. The van der Waals surface area contributed by atoms with Crippen LogP contribution in [-0.4, -0.2) is 66.2 Å². The molecule has 5 N–H and O–H groups in total. The highest BCUT2D eigenvalue weighted by Crippen LogP contribution is 2.34. The number of hydrogen-bond donors (Lipinski definition) is 5. The van der Waals surface area contributed by atoms with Gasteiger partial charge in [0.2, 0.25) is 0 Å². The summed E-state index contributed by atoms with van der Waals surface area (Å²) in [6.45, 7) is 8.84. The first-order valence-electron chi connectivity index (χ1n) is 15.5. The number of ether oxygens (including phenoxy) is 1. The van der Waals surface area contributed by atoms with Crippen LogP contribution in [0, 0.1) is 5.92 Å². The average Bonchev–Trinajstić information content (AvgIpc) is 3.44. The highest BCUT2D eigenvalue weighted by atomic mass is 32.1. The molecule has 0 radical (unpaired) electrons. The number of aromatic nitrogens is 2. The molecule has 43 heavy (non-hydrogen) atoms. The van der Waals surface area contributed by atoms with Crippen molar-refractivity contribution in [3.8, 4) is 10.6 Å². The van der Waals surface area contributed by atoms with Crippen molar-refractivity contribution < 1.29 is 9.53 Å². The van der Waals surface area contributed by atoms with Gasteiger partial charge in [0.15, 0.2) is 0 Å². The third-order valence-corrected chi connectivity index (χ3v) is 8.98. The van der Waals surface area contributed by atoms with Crippen LogP contribution in [0.5, 0.6) is 0 Å². The van der Waals surface area contributed by atoms with Crippen molar-refractivity contribution >= 4 is 39.1 Å². The average molecular weight is 603 g/mol. The zero-order chi connectivity index (χ0) is 29.6. The second-order valence-electron chi connectivity index (χ2n) is 12.0. The third kappa shape index (κ3) is 7.84. The van der Waals surface area contributed by atoms with E-state index in [9.17, 15) is 4.79 Å². The lowest BCUT2D eigenvalue weighted by molar-refractivity contribution is -0.113. The molecule has 2 aromatic heterocycles. The van der Waals surface area contributed by atoms with Gasteiger partial charge in [-0.1, -0.05) is 37.3 Å². The van der Waals surface area contributed by atoms with E-state index in [-0.39, 0.29) is 18.2 Å². The highest BCUT2D eigenvalue weighted by molar-refractivity contribution is 7.21. The van der Waals surface area contributed by atoms with E-state index in [4.69, 9.17) is 14.7 Å². The molecule has 0 bridgehead atoms. The molecule has 6 rings (SSSR count). The Kier molecular flexibility index (Phi) is 9.74. The summed E-state index contributed by atoms with van der Waals surface area (Å²) in [7, 11) is 0. The SMILES string of the molecule is CC(C)CC1=NC(NC2CCNCC2)C=C(C(=O)Nc2ccccc2-c2nc3cc(COC4CCNCC4)cnc3s2)N1. The first-order valence-corrected chi connectivity index (χ1v) is 16.3. The molecular formula is C32H42N8O2S. The highest BCUT2D eigenvalue weighted by Gasteiger charge is 2.24. The van der Waals surface area contributed by atoms with E-state index in [1.807, 2.05) is 36.5 Å². The number of para-hydroxylation sites is 1. The maximum Gasteiger partial charge on any atom is 0.271 e. The Balaban J connectivity index is 1.17. The Morgan fingerprint density at radius 3 is 2.65 bits per heavy atom. The minimum atomic E-state index is -0.239. The van der Waals surface area contributed by atoms with Crippen LogP contribution >= 0.6 is 11.3 Å². The van der Waals surface area contributed by atoms with Crippen molar-refractivity contribution in [3.63, 3.8) is 0 Å². The summed E-state index contributed by atoms with van der Waals surface area (Å²) >= 11 is 1.52. The number of benzene rings is 1. The molecule has 2 saturated heterocycles. The van der Waals surface area contributed by atoms with Crippen LogP contribution in [0.25, 0.3) is 20.9 Å². The predicted octanol–water partition coefficient (Wildman–Crippen LogP) is 4.16. The van der Waals surface area contributed by atoms with Gasteiger partial charge in [-0.15, -0.1) is 0 Å². The van der Waals surface area contributed by atoms with Crippen molar-refractivity contribution in [2.75, 3.05) is 31.5 Å². The molecule has 3 aliphatic heterocycles. The number of piperidine rings is 2. The van der Waals surface area contributed by atoms with Gasteiger partial charge in [-0.05, 0) is 87.6 Å². The summed E-state index contributed by atoms with van der Waals surface area (Å²) in [6.07, 6.45) is 8.77. The Morgan fingerprint density at radius 1 is 1.09 bits per heavy atom. The molecule has 0 aliphatic carbocycles. The smallest absolute Gasteiger partial charge is 0.271 e. The summed E-state index contributed by atoms with van der Waals surface area (Å²) in [5.41, 5.74) is 3.94. The summed E-state index contributed by atoms with van der Waals surface area (Å²) in [4.78, 5) is 29.0. The monoisotopic (exact) mass is 602 g/mol. The topological polar surface area (TPSA) is 125 Å². The van der Waals surface area contributed by atoms with Gasteiger partial charge in [0, 0.05) is 24.2 Å². The van der Waals surface area contributed by atoms with Crippen LogP contribution in [0.2, 0.25) is 0 Å². The molecule has 1 aromatic carbocycles. The van der Waals surface area contributed by atoms with Crippen LogP contribution in [0.4, 0.5) is 5.69 Å². The Morgan fingerprint density at radius 2 is 1.86 bits per heavy atom. The second-order valence-corrected chi connectivity index (χ2v) is 12.9. The first kappa shape index (κ1) is 29.8. The molecule has 0 spiro atoms. The molecule has 11 heteroatoms. The number of rotatable bonds is 10. The zero-order valence-corrected chi connectivity index (χ0v) is 25.8. The summed E-state index contributed by atoms with van der Waals surface area (Å²) < 4.78 is 6.13. The molecule has 1 amide bonds. The largest absolute Gasteiger partial charge is 0.373 e. The van der Waals surface area contributed by atoms with Crippen molar-refractivity contribution in [2.24, 2.45) is 10.9 Å². The molecular weight excluding hydrogens is 560 g/mol. The van der Waals surface area contributed by atoms with Crippen LogP contribution in [0.1, 0.15) is 51.5 Å². The van der Waals surface area contributed by atoms with Gasteiger partial charge in [-0.25, -0.2) is 15.0 Å². The minimum Gasteiger partial charge on any atom is -0.373 e. The van der Waals surface area contributed by atoms with Crippen LogP contribution in [-0.2, 0) is 16.1 Å². The number of fused-ring (bicyclic) bond motifs is 1.